The fourth-order valence-corrected chi connectivity index (χ4v) is 3.54. The molecule has 22 heavy (non-hydrogen) atoms. The summed E-state index contributed by atoms with van der Waals surface area (Å²) in [4.78, 5) is 3.67. The summed E-state index contributed by atoms with van der Waals surface area (Å²) in [5, 5.41) is 2.69. The van der Waals surface area contributed by atoms with Gasteiger partial charge in [0.25, 0.3) is 0 Å². The van der Waals surface area contributed by atoms with Gasteiger partial charge in [0.1, 0.15) is 0 Å². The van der Waals surface area contributed by atoms with Crippen molar-refractivity contribution in [3.8, 4) is 5.69 Å². The van der Waals surface area contributed by atoms with E-state index in [0.717, 1.165) is 6.42 Å². The van der Waals surface area contributed by atoms with Crippen LogP contribution in [0.25, 0.3) is 27.5 Å². The summed E-state index contributed by atoms with van der Waals surface area (Å²) in [6.45, 7) is 6.63. The number of rotatable bonds is 2. The van der Waals surface area contributed by atoms with Gasteiger partial charge in [0, 0.05) is 39.9 Å². The minimum absolute atomic E-state index is 1.05. The van der Waals surface area contributed by atoms with Gasteiger partial charge in [-0.05, 0) is 55.2 Å². The first kappa shape index (κ1) is 13.2. The predicted octanol–water partition coefficient (Wildman–Crippen LogP) is 5.29. The minimum atomic E-state index is 1.05. The lowest BCUT2D eigenvalue weighted by molar-refractivity contribution is 1.06. The number of benzene rings is 2. The van der Waals surface area contributed by atoms with Gasteiger partial charge in [-0.3, -0.25) is 0 Å². The molecule has 2 aromatic carbocycles. The Morgan fingerprint density at radius 3 is 2.50 bits per heavy atom. The Morgan fingerprint density at radius 1 is 1.00 bits per heavy atom. The third-order valence-electron chi connectivity index (χ3n) is 4.69. The first-order valence-corrected chi connectivity index (χ1v) is 7.87. The highest BCUT2D eigenvalue weighted by Crippen LogP contribution is 2.35. The van der Waals surface area contributed by atoms with E-state index >= 15 is 0 Å². The van der Waals surface area contributed by atoms with Crippen molar-refractivity contribution < 1.29 is 0 Å². The number of nitrogens with zero attached hydrogens (tertiary/aromatic N) is 1. The van der Waals surface area contributed by atoms with Crippen molar-refractivity contribution in [1.29, 1.82) is 0 Å². The lowest BCUT2D eigenvalue weighted by atomic mass is 10.0. The molecule has 0 aliphatic heterocycles. The normalized spacial score (nSPS) is 11.6. The molecule has 4 rings (SSSR count). The van der Waals surface area contributed by atoms with Crippen LogP contribution in [-0.4, -0.2) is 9.55 Å². The molecule has 0 radical (unpaired) electrons. The highest BCUT2D eigenvalue weighted by Gasteiger charge is 2.14. The van der Waals surface area contributed by atoms with Crippen molar-refractivity contribution in [3.05, 3.63) is 65.5 Å². The molecule has 2 nitrogen and oxygen atoms in total. The number of para-hydroxylation sites is 1. The molecule has 1 N–H and O–H groups in total. The molecule has 0 aliphatic rings. The van der Waals surface area contributed by atoms with Crippen LogP contribution in [0.2, 0.25) is 0 Å². The number of hydrogen-bond donors (Lipinski definition) is 1. The summed E-state index contributed by atoms with van der Waals surface area (Å²) in [6.07, 6.45) is 5.27. The Morgan fingerprint density at radius 2 is 1.77 bits per heavy atom. The van der Waals surface area contributed by atoms with E-state index in [2.05, 4.69) is 79.1 Å². The minimum Gasteiger partial charge on any atom is -0.354 e. The molecule has 110 valence electrons. The summed E-state index contributed by atoms with van der Waals surface area (Å²) in [7, 11) is 0. The second-order valence-corrected chi connectivity index (χ2v) is 6.00. The van der Waals surface area contributed by atoms with Crippen molar-refractivity contribution in [3.63, 3.8) is 0 Å². The molecule has 2 aromatic heterocycles. The molecule has 2 heterocycles. The number of aromatic nitrogens is 2. The third kappa shape index (κ3) is 1.73. The van der Waals surface area contributed by atoms with Crippen LogP contribution >= 0.6 is 0 Å². The first-order valence-electron chi connectivity index (χ1n) is 7.87. The molecular formula is C20H20N2. The van der Waals surface area contributed by atoms with E-state index in [4.69, 9.17) is 0 Å². The second kappa shape index (κ2) is 4.77. The van der Waals surface area contributed by atoms with Gasteiger partial charge in [0.05, 0.1) is 0 Å². The van der Waals surface area contributed by atoms with Crippen LogP contribution in [0, 0.1) is 13.8 Å². The number of nitrogens with one attached hydrogen (secondary N) is 1. The summed E-state index contributed by atoms with van der Waals surface area (Å²) >= 11 is 0. The van der Waals surface area contributed by atoms with Crippen molar-refractivity contribution in [2.75, 3.05) is 0 Å². The molecule has 0 atom stereocenters. The summed E-state index contributed by atoms with van der Waals surface area (Å²) < 4.78 is 2.20. The van der Waals surface area contributed by atoms with Crippen LogP contribution in [0.3, 0.4) is 0 Å². The van der Waals surface area contributed by atoms with E-state index < -0.39 is 0 Å². The maximum atomic E-state index is 3.67. The van der Waals surface area contributed by atoms with E-state index in [1.165, 1.54) is 44.2 Å². The zero-order chi connectivity index (χ0) is 15.3. The highest BCUT2D eigenvalue weighted by molar-refractivity contribution is 6.11. The van der Waals surface area contributed by atoms with E-state index in [1.54, 1.807) is 0 Å². The zero-order valence-corrected chi connectivity index (χ0v) is 13.3. The van der Waals surface area contributed by atoms with E-state index in [9.17, 15) is 0 Å². The van der Waals surface area contributed by atoms with Gasteiger partial charge in [0.2, 0.25) is 0 Å². The van der Waals surface area contributed by atoms with E-state index in [1.807, 2.05) is 0 Å². The molecule has 0 amide bonds. The quantitative estimate of drug-likeness (QED) is 0.517. The van der Waals surface area contributed by atoms with Crippen LogP contribution in [0.15, 0.2) is 48.8 Å². The van der Waals surface area contributed by atoms with Gasteiger partial charge >= 0.3 is 0 Å². The van der Waals surface area contributed by atoms with Crippen LogP contribution in [-0.2, 0) is 6.42 Å². The van der Waals surface area contributed by atoms with E-state index in [-0.39, 0.29) is 0 Å². The molecule has 0 unspecified atom stereocenters. The third-order valence-corrected chi connectivity index (χ3v) is 4.69. The summed E-state index contributed by atoms with van der Waals surface area (Å²) in [5.74, 6) is 0. The van der Waals surface area contributed by atoms with Gasteiger partial charge in [-0.25, -0.2) is 0 Å². The fourth-order valence-electron chi connectivity index (χ4n) is 3.54. The topological polar surface area (TPSA) is 20.7 Å². The maximum absolute atomic E-state index is 3.67. The largest absolute Gasteiger partial charge is 0.354 e. The lowest BCUT2D eigenvalue weighted by Gasteiger charge is -2.11. The van der Waals surface area contributed by atoms with Gasteiger partial charge in [-0.2, -0.15) is 0 Å². The van der Waals surface area contributed by atoms with Gasteiger partial charge in [-0.1, -0.05) is 25.1 Å². The van der Waals surface area contributed by atoms with E-state index in [0.29, 0.717) is 0 Å². The van der Waals surface area contributed by atoms with Crippen molar-refractivity contribution in [2.24, 2.45) is 0 Å². The van der Waals surface area contributed by atoms with Gasteiger partial charge in [-0.15, -0.1) is 0 Å². The molecule has 0 saturated heterocycles. The molecule has 0 fully saturated rings. The standard InChI is InChI=1S/C20H20N2/c1-4-15-8-7-9-16-18-14(3)17(22-10-5-6-11-22)12-13(2)19(18)21-20(15)16/h5-12,21H,4H2,1-3H3. The molecule has 0 aliphatic carbocycles. The summed E-state index contributed by atoms with van der Waals surface area (Å²) in [6, 6.07) is 13.0. The van der Waals surface area contributed by atoms with Crippen molar-refractivity contribution >= 4 is 21.8 Å². The molecule has 2 heteroatoms. The van der Waals surface area contributed by atoms with Crippen molar-refractivity contribution in [2.45, 2.75) is 27.2 Å². The Balaban J connectivity index is 2.17. The molecule has 0 bridgehead atoms. The Labute approximate surface area is 130 Å². The highest BCUT2D eigenvalue weighted by atomic mass is 14.9. The Kier molecular flexibility index (Phi) is 2.86. The zero-order valence-electron chi connectivity index (χ0n) is 13.3. The summed E-state index contributed by atoms with van der Waals surface area (Å²) in [5.41, 5.74) is 7.83. The maximum Gasteiger partial charge on any atom is 0.0498 e. The predicted molar refractivity (Wildman–Crippen MR) is 94.0 cm³/mol. The Hall–Kier alpha value is -2.48. The number of hydrogen-bond acceptors (Lipinski definition) is 0. The number of aromatic amines is 1. The Bertz CT molecular complexity index is 972. The van der Waals surface area contributed by atoms with Crippen LogP contribution in [0.1, 0.15) is 23.6 Å². The van der Waals surface area contributed by atoms with Crippen molar-refractivity contribution in [1.82, 2.24) is 9.55 Å². The molecule has 4 aromatic rings. The van der Waals surface area contributed by atoms with Gasteiger partial charge < -0.3 is 9.55 Å². The monoisotopic (exact) mass is 288 g/mol. The average molecular weight is 288 g/mol. The second-order valence-electron chi connectivity index (χ2n) is 6.00. The number of aryl methyl sites for hydroxylation is 3. The molecule has 0 spiro atoms. The van der Waals surface area contributed by atoms with Crippen LogP contribution in [0.5, 0.6) is 0 Å². The van der Waals surface area contributed by atoms with Crippen LogP contribution < -0.4 is 0 Å². The average Bonchev–Trinajstić information content (AvgIpc) is 3.17. The first-order chi connectivity index (χ1) is 10.7. The molecular weight excluding hydrogens is 268 g/mol. The molecule has 0 saturated carbocycles. The SMILES string of the molecule is CCc1cccc2c1[nH]c1c(C)cc(-n3cccc3)c(C)c12. The fraction of sp³-hybridized carbons (Fsp3) is 0.200. The van der Waals surface area contributed by atoms with Crippen LogP contribution in [0.4, 0.5) is 0 Å². The smallest absolute Gasteiger partial charge is 0.0498 e. The van der Waals surface area contributed by atoms with Gasteiger partial charge in [0.15, 0.2) is 0 Å². The number of fused-ring (bicyclic) bond motifs is 3. The number of H-pyrrole nitrogens is 1. The lowest BCUT2D eigenvalue weighted by Crippen LogP contribution is -1.95.